The van der Waals surface area contributed by atoms with Gasteiger partial charge in [-0.2, -0.15) is 0 Å². The fraction of sp³-hybridized carbons (Fsp3) is 0.250. The number of nitrogens with two attached hydrogens (primary N) is 1. The Hall–Kier alpha value is -1.22. The Balaban J connectivity index is 3.33. The van der Waals surface area contributed by atoms with E-state index < -0.39 is 19.8 Å². The lowest BCUT2D eigenvalue weighted by molar-refractivity contribution is -0.379. The lowest BCUT2D eigenvalue weighted by Gasteiger charge is -1.84. The molecule has 0 spiro atoms. The van der Waals surface area contributed by atoms with Gasteiger partial charge in [-0.3, -0.25) is 10.1 Å². The SMILES string of the molecule is CS(=O)(=O)c1nc(N)c([N+](=O)[O-])s1. The summed E-state index contributed by atoms with van der Waals surface area (Å²) in [7, 11) is -3.52. The number of thiazole rings is 1. The maximum absolute atomic E-state index is 10.9. The fourth-order valence-electron chi connectivity index (χ4n) is 0.593. The number of sulfone groups is 1. The highest BCUT2D eigenvalue weighted by Gasteiger charge is 2.23. The molecule has 0 amide bonds. The van der Waals surface area contributed by atoms with Gasteiger partial charge in [0.1, 0.15) is 0 Å². The largest absolute Gasteiger partial charge is 0.377 e. The highest BCUT2D eigenvalue weighted by atomic mass is 32.2. The van der Waals surface area contributed by atoms with Crippen LogP contribution in [-0.2, 0) is 9.84 Å². The van der Waals surface area contributed by atoms with E-state index in [9.17, 15) is 18.5 Å². The standard InChI is InChI=1S/C4H5N3O4S2/c1-13(10,11)4-6-2(5)3(12-4)7(8)9/h5H2,1H3. The molecule has 0 saturated carbocycles. The Bertz CT molecular complexity index is 448. The van der Waals surface area contributed by atoms with Crippen LogP contribution in [0.3, 0.4) is 0 Å². The topological polar surface area (TPSA) is 116 Å². The van der Waals surface area contributed by atoms with Gasteiger partial charge in [0.05, 0.1) is 4.92 Å². The van der Waals surface area contributed by atoms with Crippen LogP contribution < -0.4 is 5.73 Å². The summed E-state index contributed by atoms with van der Waals surface area (Å²) in [4.78, 5) is 12.9. The zero-order chi connectivity index (χ0) is 10.2. The molecule has 0 bridgehead atoms. The second kappa shape index (κ2) is 2.92. The van der Waals surface area contributed by atoms with Crippen molar-refractivity contribution < 1.29 is 13.3 Å². The smallest absolute Gasteiger partial charge is 0.368 e. The molecule has 0 aliphatic carbocycles. The highest BCUT2D eigenvalue weighted by Crippen LogP contribution is 2.31. The molecule has 13 heavy (non-hydrogen) atoms. The normalized spacial score (nSPS) is 11.5. The molecule has 2 N–H and O–H groups in total. The van der Waals surface area contributed by atoms with E-state index in [0.29, 0.717) is 11.3 Å². The Kier molecular flexibility index (Phi) is 2.22. The number of nitro groups is 1. The Morgan fingerprint density at radius 2 is 2.15 bits per heavy atom. The van der Waals surface area contributed by atoms with Crippen molar-refractivity contribution >= 4 is 32.0 Å². The summed E-state index contributed by atoms with van der Waals surface area (Å²) in [5.41, 5.74) is 5.13. The summed E-state index contributed by atoms with van der Waals surface area (Å²) >= 11 is 0.451. The minimum Gasteiger partial charge on any atom is -0.377 e. The zero-order valence-electron chi connectivity index (χ0n) is 6.42. The van der Waals surface area contributed by atoms with E-state index in [1.807, 2.05) is 0 Å². The molecular weight excluding hydrogens is 218 g/mol. The van der Waals surface area contributed by atoms with Gasteiger partial charge < -0.3 is 5.73 Å². The summed E-state index contributed by atoms with van der Waals surface area (Å²) in [5.74, 6) is -0.365. The molecule has 0 aromatic carbocycles. The summed E-state index contributed by atoms with van der Waals surface area (Å²) in [5, 5.41) is 9.82. The van der Waals surface area contributed by atoms with E-state index in [4.69, 9.17) is 5.73 Å². The predicted molar refractivity (Wildman–Crippen MR) is 46.3 cm³/mol. The first-order chi connectivity index (χ1) is 5.82. The first-order valence-corrected chi connectivity index (χ1v) is 5.64. The lowest BCUT2D eigenvalue weighted by atomic mass is 10.7. The Morgan fingerprint density at radius 1 is 1.62 bits per heavy atom. The van der Waals surface area contributed by atoms with Gasteiger partial charge >= 0.3 is 5.00 Å². The number of anilines is 1. The van der Waals surface area contributed by atoms with Gasteiger partial charge in [0.15, 0.2) is 0 Å². The van der Waals surface area contributed by atoms with Crippen LogP contribution in [0.25, 0.3) is 0 Å². The first kappa shape index (κ1) is 9.86. The third kappa shape index (κ3) is 1.92. The third-order valence-electron chi connectivity index (χ3n) is 1.10. The molecule has 7 nitrogen and oxygen atoms in total. The van der Waals surface area contributed by atoms with Crippen molar-refractivity contribution in [2.45, 2.75) is 4.34 Å². The van der Waals surface area contributed by atoms with Crippen molar-refractivity contribution in [1.29, 1.82) is 0 Å². The van der Waals surface area contributed by atoms with Gasteiger partial charge in [-0.15, -0.1) is 0 Å². The fourth-order valence-corrected chi connectivity index (χ4v) is 2.23. The van der Waals surface area contributed by atoms with E-state index >= 15 is 0 Å². The van der Waals surface area contributed by atoms with Gasteiger partial charge in [0, 0.05) is 6.26 Å². The van der Waals surface area contributed by atoms with Crippen molar-refractivity contribution in [2.75, 3.05) is 12.0 Å². The van der Waals surface area contributed by atoms with Crippen molar-refractivity contribution in [1.82, 2.24) is 4.98 Å². The number of nitrogens with zero attached hydrogens (tertiary/aromatic N) is 2. The average molecular weight is 223 g/mol. The lowest BCUT2D eigenvalue weighted by Crippen LogP contribution is -1.96. The van der Waals surface area contributed by atoms with Gasteiger partial charge in [-0.1, -0.05) is 0 Å². The number of aromatic nitrogens is 1. The van der Waals surface area contributed by atoms with Crippen LogP contribution in [0.15, 0.2) is 4.34 Å². The molecule has 1 heterocycles. The maximum atomic E-state index is 10.9. The molecule has 0 aliphatic rings. The van der Waals surface area contributed by atoms with Gasteiger partial charge in [0.25, 0.3) is 0 Å². The van der Waals surface area contributed by atoms with Crippen molar-refractivity contribution in [3.8, 4) is 0 Å². The van der Waals surface area contributed by atoms with Crippen LogP contribution >= 0.6 is 11.3 Å². The molecule has 0 unspecified atom stereocenters. The van der Waals surface area contributed by atoms with E-state index in [1.165, 1.54) is 0 Å². The van der Waals surface area contributed by atoms with Crippen molar-refractivity contribution in [3.63, 3.8) is 0 Å². The number of nitrogen functional groups attached to an aromatic ring is 1. The van der Waals surface area contributed by atoms with Gasteiger partial charge in [0.2, 0.25) is 20.0 Å². The maximum Gasteiger partial charge on any atom is 0.368 e. The number of hydrogen-bond acceptors (Lipinski definition) is 7. The molecule has 0 saturated heterocycles. The molecule has 1 aromatic rings. The first-order valence-electron chi connectivity index (χ1n) is 2.93. The number of hydrogen-bond donors (Lipinski definition) is 1. The van der Waals surface area contributed by atoms with E-state index in [0.717, 1.165) is 6.26 Å². The van der Waals surface area contributed by atoms with Crippen molar-refractivity contribution in [3.05, 3.63) is 10.1 Å². The zero-order valence-corrected chi connectivity index (χ0v) is 8.05. The Morgan fingerprint density at radius 3 is 2.38 bits per heavy atom. The monoisotopic (exact) mass is 223 g/mol. The van der Waals surface area contributed by atoms with E-state index in [1.54, 1.807) is 0 Å². The van der Waals surface area contributed by atoms with Crippen LogP contribution in [0.5, 0.6) is 0 Å². The molecule has 1 aromatic heterocycles. The van der Waals surface area contributed by atoms with E-state index in [-0.39, 0.29) is 10.2 Å². The van der Waals surface area contributed by atoms with Gasteiger partial charge in [-0.25, -0.2) is 13.4 Å². The summed E-state index contributed by atoms with van der Waals surface area (Å²) in [6, 6.07) is 0. The molecular formula is C4H5N3O4S2. The quantitative estimate of drug-likeness (QED) is 0.558. The highest BCUT2D eigenvalue weighted by molar-refractivity contribution is 7.92. The predicted octanol–water partition coefficient (Wildman–Crippen LogP) is 0.0370. The van der Waals surface area contributed by atoms with Crippen molar-refractivity contribution in [2.24, 2.45) is 0 Å². The average Bonchev–Trinajstić information content (AvgIpc) is 2.29. The van der Waals surface area contributed by atoms with Crippen LogP contribution in [-0.4, -0.2) is 24.6 Å². The van der Waals surface area contributed by atoms with Crippen LogP contribution in [0, 0.1) is 10.1 Å². The summed E-state index contributed by atoms with van der Waals surface area (Å²) in [6.07, 6.45) is 0.912. The van der Waals surface area contributed by atoms with Crippen LogP contribution in [0.1, 0.15) is 0 Å². The van der Waals surface area contributed by atoms with Crippen LogP contribution in [0.4, 0.5) is 10.8 Å². The molecule has 0 fully saturated rings. The molecule has 9 heteroatoms. The molecule has 1 rings (SSSR count). The minimum absolute atomic E-state index is 0.336. The minimum atomic E-state index is -3.52. The summed E-state index contributed by atoms with van der Waals surface area (Å²) in [6.45, 7) is 0. The second-order valence-corrected chi connectivity index (χ2v) is 5.37. The molecule has 0 aliphatic heterocycles. The molecule has 0 atom stereocenters. The van der Waals surface area contributed by atoms with E-state index in [2.05, 4.69) is 4.98 Å². The van der Waals surface area contributed by atoms with Crippen LogP contribution in [0.2, 0.25) is 0 Å². The molecule has 72 valence electrons. The Labute approximate surface area is 77.3 Å². The van der Waals surface area contributed by atoms with Gasteiger partial charge in [-0.05, 0) is 11.3 Å². The third-order valence-corrected chi connectivity index (χ3v) is 3.80. The number of rotatable bonds is 2. The summed E-state index contributed by atoms with van der Waals surface area (Å²) < 4.78 is 21.4. The second-order valence-electron chi connectivity index (χ2n) is 2.20. The molecule has 0 radical (unpaired) electrons.